The van der Waals surface area contributed by atoms with E-state index >= 15 is 0 Å². The van der Waals surface area contributed by atoms with Crippen LogP contribution < -0.4 is 4.90 Å². The van der Waals surface area contributed by atoms with E-state index in [9.17, 15) is 0 Å². The van der Waals surface area contributed by atoms with Crippen molar-refractivity contribution >= 4 is 38.6 Å². The molecule has 0 heterocycles. The van der Waals surface area contributed by atoms with E-state index in [1.807, 2.05) is 0 Å². The lowest BCUT2D eigenvalue weighted by molar-refractivity contribution is 0.633. The maximum atomic E-state index is 2.52. The van der Waals surface area contributed by atoms with Crippen LogP contribution in [-0.4, -0.2) is 0 Å². The Hall–Kier alpha value is -7.48. The number of hydrogen-bond acceptors (Lipinski definition) is 1. The van der Waals surface area contributed by atoms with Gasteiger partial charge in [-0.15, -0.1) is 0 Å². The van der Waals surface area contributed by atoms with E-state index in [0.717, 1.165) is 17.1 Å². The molecule has 10 aromatic rings. The van der Waals surface area contributed by atoms with Crippen LogP contribution in [0.4, 0.5) is 17.1 Å². The van der Waals surface area contributed by atoms with Gasteiger partial charge in [-0.25, -0.2) is 0 Å². The molecule has 0 aliphatic heterocycles. The average molecular weight is 748 g/mol. The van der Waals surface area contributed by atoms with E-state index < -0.39 is 10.8 Å². The number of nitrogens with zero attached hydrogens (tertiary/aromatic N) is 1. The standard InChI is InChI=1S/C58H37N/c1-3-17-40-35-42(31-29-38(40)15-1)59(43-32-30-39-16-2-4-18-41(39)36-43)44-33-34-48-47-21-7-10-24-51(47)58(56(48)37-44)54-27-13-11-25-52(54)57(53-26-12-14-28-55(53)58)49-22-8-5-19-45(49)46-20-6-9-23-50(46)57/h1-37H. The number of anilines is 3. The summed E-state index contributed by atoms with van der Waals surface area (Å²) in [6.07, 6.45) is 0. The van der Waals surface area contributed by atoms with Gasteiger partial charge >= 0.3 is 0 Å². The summed E-state index contributed by atoms with van der Waals surface area (Å²) in [5.41, 5.74) is 18.3. The fourth-order valence-electron chi connectivity index (χ4n) is 11.4. The summed E-state index contributed by atoms with van der Waals surface area (Å²) in [6.45, 7) is 0. The van der Waals surface area contributed by atoms with Gasteiger partial charge in [0.2, 0.25) is 0 Å². The van der Waals surface area contributed by atoms with Crippen LogP contribution in [0.3, 0.4) is 0 Å². The van der Waals surface area contributed by atoms with Gasteiger partial charge in [0.05, 0.1) is 10.8 Å². The first-order chi connectivity index (χ1) is 29.3. The lowest BCUT2D eigenvalue weighted by Crippen LogP contribution is -2.43. The van der Waals surface area contributed by atoms with E-state index in [1.54, 1.807) is 0 Å². The number of hydrogen-bond donors (Lipinski definition) is 0. The van der Waals surface area contributed by atoms with E-state index in [0.29, 0.717) is 0 Å². The molecular weight excluding hydrogens is 711 g/mol. The first-order valence-electron chi connectivity index (χ1n) is 20.7. The van der Waals surface area contributed by atoms with Gasteiger partial charge in [0.1, 0.15) is 0 Å². The van der Waals surface area contributed by atoms with E-state index in [1.165, 1.54) is 88.3 Å². The molecule has 1 nitrogen and oxygen atoms in total. The third-order valence-electron chi connectivity index (χ3n) is 13.7. The topological polar surface area (TPSA) is 3.24 Å². The highest BCUT2D eigenvalue weighted by molar-refractivity contribution is 5.97. The largest absolute Gasteiger partial charge is 0.310 e. The van der Waals surface area contributed by atoms with Crippen molar-refractivity contribution in [1.29, 1.82) is 0 Å². The average Bonchev–Trinajstić information content (AvgIpc) is 3.76. The summed E-state index contributed by atoms with van der Waals surface area (Å²) < 4.78 is 0. The minimum absolute atomic E-state index is 0.469. The van der Waals surface area contributed by atoms with Crippen molar-refractivity contribution in [3.8, 4) is 22.3 Å². The third kappa shape index (κ3) is 4.19. The Kier molecular flexibility index (Phi) is 6.64. The van der Waals surface area contributed by atoms with Crippen LogP contribution in [-0.2, 0) is 10.8 Å². The summed E-state index contributed by atoms with van der Waals surface area (Å²) >= 11 is 0. The third-order valence-corrected chi connectivity index (χ3v) is 13.7. The molecule has 3 aliphatic rings. The minimum atomic E-state index is -0.564. The monoisotopic (exact) mass is 747 g/mol. The molecule has 0 saturated heterocycles. The summed E-state index contributed by atoms with van der Waals surface area (Å²) in [7, 11) is 0. The van der Waals surface area contributed by atoms with Gasteiger partial charge in [-0.05, 0) is 125 Å². The van der Waals surface area contributed by atoms with Crippen molar-refractivity contribution in [2.24, 2.45) is 0 Å². The Morgan fingerprint density at radius 2 is 0.525 bits per heavy atom. The first kappa shape index (κ1) is 32.6. The van der Waals surface area contributed by atoms with E-state index in [-0.39, 0.29) is 0 Å². The van der Waals surface area contributed by atoms with Gasteiger partial charge in [-0.1, -0.05) is 188 Å². The summed E-state index contributed by atoms with van der Waals surface area (Å²) in [5, 5.41) is 4.91. The second-order valence-corrected chi connectivity index (χ2v) is 16.4. The fraction of sp³-hybridized carbons (Fsp3) is 0.0345. The van der Waals surface area contributed by atoms with Gasteiger partial charge in [-0.2, -0.15) is 0 Å². The predicted molar refractivity (Wildman–Crippen MR) is 244 cm³/mol. The molecule has 0 saturated carbocycles. The molecule has 0 radical (unpaired) electrons. The lowest BCUT2D eigenvalue weighted by atomic mass is 9.52. The van der Waals surface area contributed by atoms with Crippen LogP contribution >= 0.6 is 0 Å². The Morgan fingerprint density at radius 1 is 0.220 bits per heavy atom. The quantitative estimate of drug-likeness (QED) is 0.174. The molecule has 0 aromatic heterocycles. The Balaban J connectivity index is 1.13. The zero-order valence-corrected chi connectivity index (χ0v) is 32.3. The first-order valence-corrected chi connectivity index (χ1v) is 20.7. The van der Waals surface area contributed by atoms with Crippen LogP contribution in [0.5, 0.6) is 0 Å². The smallest absolute Gasteiger partial charge is 0.0720 e. The van der Waals surface area contributed by atoms with Crippen molar-refractivity contribution in [1.82, 2.24) is 0 Å². The molecule has 59 heavy (non-hydrogen) atoms. The van der Waals surface area contributed by atoms with Crippen LogP contribution in [0.25, 0.3) is 43.8 Å². The van der Waals surface area contributed by atoms with Crippen LogP contribution in [0.2, 0.25) is 0 Å². The molecule has 10 aromatic carbocycles. The molecule has 0 N–H and O–H groups in total. The lowest BCUT2D eigenvalue weighted by Gasteiger charge is -2.49. The SMILES string of the molecule is c1ccc2c(c1)-c1ccccc1C21c2ccccc2C2(c3ccccc3-c3ccc(N(c4ccc5ccccc5c4)c4ccc5ccccc5c4)cc32)c2ccccc21. The van der Waals surface area contributed by atoms with Gasteiger partial charge in [0.15, 0.2) is 0 Å². The van der Waals surface area contributed by atoms with Gasteiger partial charge in [0, 0.05) is 17.1 Å². The van der Waals surface area contributed by atoms with Gasteiger partial charge in [0.25, 0.3) is 0 Å². The highest BCUT2D eigenvalue weighted by atomic mass is 15.1. The molecule has 3 aliphatic carbocycles. The zero-order valence-electron chi connectivity index (χ0n) is 32.3. The van der Waals surface area contributed by atoms with Gasteiger partial charge in [-0.3, -0.25) is 0 Å². The molecule has 0 bridgehead atoms. The van der Waals surface area contributed by atoms with E-state index in [2.05, 4.69) is 229 Å². The van der Waals surface area contributed by atoms with Crippen molar-refractivity contribution in [3.05, 3.63) is 269 Å². The zero-order chi connectivity index (χ0) is 38.7. The summed E-state index contributed by atoms with van der Waals surface area (Å²) in [4.78, 5) is 2.46. The Labute approximate surface area is 344 Å². The Morgan fingerprint density at radius 3 is 0.966 bits per heavy atom. The highest BCUT2D eigenvalue weighted by Gasteiger charge is 2.58. The molecular formula is C58H37N. The number of fused-ring (bicyclic) bond motifs is 18. The van der Waals surface area contributed by atoms with Crippen molar-refractivity contribution < 1.29 is 0 Å². The maximum absolute atomic E-state index is 2.52. The van der Waals surface area contributed by atoms with Crippen molar-refractivity contribution in [3.63, 3.8) is 0 Å². The number of rotatable bonds is 3. The molecule has 1 heteroatoms. The van der Waals surface area contributed by atoms with Crippen molar-refractivity contribution in [2.75, 3.05) is 4.90 Å². The van der Waals surface area contributed by atoms with Crippen LogP contribution in [0, 0.1) is 0 Å². The molecule has 274 valence electrons. The normalized spacial score (nSPS) is 14.4. The Bertz CT molecular complexity index is 3200. The molecule has 0 unspecified atom stereocenters. The molecule has 0 atom stereocenters. The van der Waals surface area contributed by atoms with Crippen LogP contribution in [0.1, 0.15) is 44.5 Å². The summed E-state index contributed by atoms with van der Waals surface area (Å²) in [5.74, 6) is 0. The minimum Gasteiger partial charge on any atom is -0.310 e. The maximum Gasteiger partial charge on any atom is 0.0720 e. The molecule has 13 rings (SSSR count). The second kappa shape index (κ2) is 12.0. The second-order valence-electron chi connectivity index (χ2n) is 16.4. The molecule has 0 amide bonds. The van der Waals surface area contributed by atoms with E-state index in [4.69, 9.17) is 0 Å². The molecule has 0 fully saturated rings. The highest BCUT2D eigenvalue weighted by Crippen LogP contribution is 2.67. The van der Waals surface area contributed by atoms with Gasteiger partial charge < -0.3 is 4.90 Å². The number of benzene rings is 10. The summed E-state index contributed by atoms with van der Waals surface area (Å²) in [6, 6.07) is 84.5. The van der Waals surface area contributed by atoms with Crippen molar-refractivity contribution in [2.45, 2.75) is 10.8 Å². The fourth-order valence-corrected chi connectivity index (χ4v) is 11.4. The van der Waals surface area contributed by atoms with Crippen LogP contribution in [0.15, 0.2) is 224 Å². The predicted octanol–water partition coefficient (Wildman–Crippen LogP) is 14.5. The molecule has 2 spiro atoms.